The fourth-order valence-electron chi connectivity index (χ4n) is 9.72. The molecule has 1 aliphatic rings. The lowest BCUT2D eigenvalue weighted by Gasteiger charge is -2.41. The van der Waals surface area contributed by atoms with Crippen LogP contribution in [-0.2, 0) is 28.9 Å². The number of rotatable bonds is 53. The zero-order valence-electron chi connectivity index (χ0n) is 46.7. The van der Waals surface area contributed by atoms with Gasteiger partial charge in [-0.3, -0.25) is 9.35 Å². The second kappa shape index (κ2) is 49.9. The van der Waals surface area contributed by atoms with Crippen molar-refractivity contribution in [2.45, 2.75) is 326 Å². The summed E-state index contributed by atoms with van der Waals surface area (Å²) in [6.45, 7) is 3.43. The van der Waals surface area contributed by atoms with Crippen molar-refractivity contribution in [3.63, 3.8) is 0 Å². The lowest BCUT2D eigenvalue weighted by Crippen LogP contribution is -2.61. The highest BCUT2D eigenvalue weighted by molar-refractivity contribution is 7.80. The van der Waals surface area contributed by atoms with E-state index >= 15 is 0 Å². The lowest BCUT2D eigenvalue weighted by atomic mass is 9.99. The molecule has 0 radical (unpaired) electrons. The quantitative estimate of drug-likeness (QED) is 0.0193. The number of aliphatic hydroxyl groups excluding tert-OH is 4. The van der Waals surface area contributed by atoms with E-state index in [9.17, 15) is 38.2 Å². The van der Waals surface area contributed by atoms with Crippen molar-refractivity contribution in [3.05, 3.63) is 36.5 Å². The van der Waals surface area contributed by atoms with Crippen LogP contribution in [0, 0.1) is 0 Å². The van der Waals surface area contributed by atoms with Gasteiger partial charge in [0.15, 0.2) is 6.29 Å². The molecule has 1 rings (SSSR count). The minimum absolute atomic E-state index is 0.260. The molecule has 73 heavy (non-hydrogen) atoms. The normalized spacial score (nSPS) is 19.5. The van der Waals surface area contributed by atoms with Crippen LogP contribution in [0.25, 0.3) is 0 Å². The summed E-state index contributed by atoms with van der Waals surface area (Å²) in [7, 11) is -5.09. The average molecular weight is 1060 g/mol. The van der Waals surface area contributed by atoms with Crippen LogP contribution in [-0.4, -0.2) is 95.4 Å². The maximum absolute atomic E-state index is 13.1. The molecule has 0 aliphatic carbocycles. The fourth-order valence-corrected chi connectivity index (χ4v) is 10.2. The Labute approximate surface area is 447 Å². The Kier molecular flexibility index (Phi) is 47.4. The van der Waals surface area contributed by atoms with Crippen LogP contribution >= 0.6 is 0 Å². The van der Waals surface area contributed by atoms with Crippen molar-refractivity contribution in [2.24, 2.45) is 0 Å². The number of ether oxygens (including phenoxy) is 2. The predicted octanol–water partition coefficient (Wildman–Crippen LogP) is 14.6. The summed E-state index contributed by atoms with van der Waals surface area (Å²) in [4.78, 5) is 13.1. The second-order valence-corrected chi connectivity index (χ2v) is 22.3. The fraction of sp³-hybridized carbons (Fsp3) is 0.883. The largest absolute Gasteiger partial charge is 0.397 e. The van der Waals surface area contributed by atoms with Crippen LogP contribution in [0.3, 0.4) is 0 Å². The summed E-state index contributed by atoms with van der Waals surface area (Å²) in [5.41, 5.74) is 0. The highest BCUT2D eigenvalue weighted by Crippen LogP contribution is 2.26. The molecule has 1 heterocycles. The maximum Gasteiger partial charge on any atom is 0.397 e. The van der Waals surface area contributed by atoms with E-state index in [0.29, 0.717) is 6.42 Å². The van der Waals surface area contributed by atoms with Gasteiger partial charge in [0.05, 0.1) is 25.4 Å². The molecule has 6 N–H and O–H groups in total. The van der Waals surface area contributed by atoms with E-state index in [4.69, 9.17) is 9.47 Å². The topological polar surface area (TPSA) is 192 Å². The molecule has 430 valence electrons. The summed E-state index contributed by atoms with van der Waals surface area (Å²) in [5.74, 6) is -0.260. The maximum atomic E-state index is 13.1. The van der Waals surface area contributed by atoms with Crippen molar-refractivity contribution in [3.8, 4) is 0 Å². The molecule has 0 spiro atoms. The summed E-state index contributed by atoms with van der Waals surface area (Å²) in [5, 5.41) is 45.0. The molecule has 1 saturated heterocycles. The van der Waals surface area contributed by atoms with Gasteiger partial charge < -0.3 is 35.2 Å². The van der Waals surface area contributed by atoms with Crippen LogP contribution in [0.2, 0.25) is 0 Å². The second-order valence-electron chi connectivity index (χ2n) is 21.3. The molecule has 0 bridgehead atoms. The molecule has 1 amide bonds. The zero-order valence-corrected chi connectivity index (χ0v) is 47.5. The standard InChI is InChI=1S/C60H113NO11S/c1-3-5-7-9-11-13-15-17-19-21-22-23-24-25-26-27-28-29-30-31-32-34-36-38-40-42-44-46-48-50-56(64)61-53(52-70-60-58(66)59(72-73(67,68)69)57(65)55(51-62)71-60)54(63)49-47-45-43-41-39-37-35-33-20-18-16-14-12-10-8-6-4-2/h22-23,25-26,47,49,53-55,57-60,62-63,65-66H,3-21,24,27-46,48,50-52H2,1-2H3,(H,61,64)(H,67,68,69)/b23-22-,26-25-,49-47+. The first-order valence-corrected chi connectivity index (χ1v) is 31.7. The molecule has 1 fully saturated rings. The summed E-state index contributed by atoms with van der Waals surface area (Å²) in [6.07, 6.45) is 54.8. The number of unbranched alkanes of at least 4 members (excludes halogenated alkanes) is 37. The van der Waals surface area contributed by atoms with Crippen LogP contribution in [0.15, 0.2) is 36.5 Å². The Morgan fingerprint density at radius 3 is 1.30 bits per heavy atom. The van der Waals surface area contributed by atoms with Gasteiger partial charge in [-0.05, 0) is 51.4 Å². The molecular formula is C60H113NO11S. The van der Waals surface area contributed by atoms with Crippen molar-refractivity contribution < 1.29 is 51.8 Å². The SMILES string of the molecule is CCCCCCCCCCC/C=C\C/C=C\CCCCCCCCCCCCCCCC(=O)NC(COC1OC(CO)C(O)C(OS(=O)(=O)O)C1O)C(O)/C=C/CCCCCCCCCCCCCCCCC. The Bertz CT molecular complexity index is 1430. The van der Waals surface area contributed by atoms with E-state index in [-0.39, 0.29) is 18.9 Å². The lowest BCUT2D eigenvalue weighted by molar-refractivity contribution is -0.298. The molecule has 7 unspecified atom stereocenters. The monoisotopic (exact) mass is 1060 g/mol. The molecule has 0 aromatic carbocycles. The number of aliphatic hydroxyl groups is 4. The molecule has 1 aliphatic heterocycles. The Hall–Kier alpha value is -1.68. The molecule has 0 aromatic rings. The van der Waals surface area contributed by atoms with Crippen molar-refractivity contribution in [2.75, 3.05) is 13.2 Å². The smallest absolute Gasteiger partial charge is 0.394 e. The third kappa shape index (κ3) is 42.1. The first-order valence-electron chi connectivity index (χ1n) is 30.4. The van der Waals surface area contributed by atoms with Crippen molar-refractivity contribution >= 4 is 16.3 Å². The van der Waals surface area contributed by atoms with E-state index in [1.54, 1.807) is 6.08 Å². The van der Waals surface area contributed by atoms with E-state index in [2.05, 4.69) is 47.7 Å². The van der Waals surface area contributed by atoms with Crippen LogP contribution in [0.5, 0.6) is 0 Å². The third-order valence-electron chi connectivity index (χ3n) is 14.4. The number of carbonyl (C=O) groups is 1. The van der Waals surface area contributed by atoms with Gasteiger partial charge in [0.1, 0.15) is 24.4 Å². The number of hydrogen-bond acceptors (Lipinski definition) is 10. The highest BCUT2D eigenvalue weighted by Gasteiger charge is 2.48. The van der Waals surface area contributed by atoms with E-state index in [0.717, 1.165) is 44.9 Å². The van der Waals surface area contributed by atoms with Gasteiger partial charge in [-0.15, -0.1) is 0 Å². The van der Waals surface area contributed by atoms with Gasteiger partial charge in [0.2, 0.25) is 5.91 Å². The molecule has 7 atom stereocenters. The molecule has 12 nitrogen and oxygen atoms in total. The average Bonchev–Trinajstić information content (AvgIpc) is 3.37. The van der Waals surface area contributed by atoms with E-state index in [1.807, 2.05) is 6.08 Å². The number of amides is 1. The first kappa shape index (κ1) is 69.3. The Balaban J connectivity index is 2.31. The summed E-state index contributed by atoms with van der Waals surface area (Å²) in [6, 6.07) is -0.945. The number of carbonyl (C=O) groups excluding carboxylic acids is 1. The molecule has 0 aromatic heterocycles. The minimum Gasteiger partial charge on any atom is -0.394 e. The Morgan fingerprint density at radius 1 is 0.548 bits per heavy atom. The first-order chi connectivity index (χ1) is 35.5. The van der Waals surface area contributed by atoms with E-state index < -0.39 is 59.9 Å². The zero-order chi connectivity index (χ0) is 53.3. The molecule has 0 saturated carbocycles. The summed E-state index contributed by atoms with van der Waals surface area (Å²) >= 11 is 0. The third-order valence-corrected chi connectivity index (χ3v) is 14.9. The van der Waals surface area contributed by atoms with Gasteiger partial charge in [0, 0.05) is 6.42 Å². The molecule has 13 heteroatoms. The minimum atomic E-state index is -5.09. The van der Waals surface area contributed by atoms with Crippen LogP contribution < -0.4 is 5.32 Å². The predicted molar refractivity (Wildman–Crippen MR) is 301 cm³/mol. The van der Waals surface area contributed by atoms with Gasteiger partial charge >= 0.3 is 10.4 Å². The molecular weight excluding hydrogens is 943 g/mol. The number of nitrogens with one attached hydrogen (secondary N) is 1. The van der Waals surface area contributed by atoms with E-state index in [1.165, 1.54) is 212 Å². The van der Waals surface area contributed by atoms with Crippen LogP contribution in [0.1, 0.15) is 284 Å². The number of hydrogen-bond donors (Lipinski definition) is 6. The van der Waals surface area contributed by atoms with Crippen LogP contribution in [0.4, 0.5) is 0 Å². The van der Waals surface area contributed by atoms with Gasteiger partial charge in [-0.25, -0.2) is 4.18 Å². The van der Waals surface area contributed by atoms with Gasteiger partial charge in [-0.2, -0.15) is 8.42 Å². The Morgan fingerprint density at radius 2 is 0.918 bits per heavy atom. The highest BCUT2D eigenvalue weighted by atomic mass is 32.3. The van der Waals surface area contributed by atoms with Crippen molar-refractivity contribution in [1.82, 2.24) is 5.32 Å². The van der Waals surface area contributed by atoms with Gasteiger partial charge in [-0.1, -0.05) is 262 Å². The number of allylic oxidation sites excluding steroid dienone is 5. The van der Waals surface area contributed by atoms with Crippen molar-refractivity contribution in [1.29, 1.82) is 0 Å². The van der Waals surface area contributed by atoms with Gasteiger partial charge in [0.25, 0.3) is 0 Å². The summed E-state index contributed by atoms with van der Waals surface area (Å²) < 4.78 is 47.9.